The Kier molecular flexibility index (Phi) is 3.68. The standard InChI is InChI=1S/C20H20N4S/c1-3-14(20-5-2-10-25-20)15-11-18(22-16(15)4-1)19-12-17(23-24-19)13-6-8-21-9-7-13/h1-5,10-13,21-22H,6-9H2,(H,23,24). The molecular formula is C20H20N4S. The number of fused-ring (bicyclic) bond motifs is 1. The van der Waals surface area contributed by atoms with Crippen molar-refractivity contribution in [1.82, 2.24) is 20.5 Å². The van der Waals surface area contributed by atoms with Gasteiger partial charge in [0, 0.05) is 33.0 Å². The lowest BCUT2D eigenvalue weighted by atomic mass is 9.94. The van der Waals surface area contributed by atoms with E-state index < -0.39 is 0 Å². The number of piperidine rings is 1. The van der Waals surface area contributed by atoms with Crippen molar-refractivity contribution in [3.05, 3.63) is 53.5 Å². The molecule has 4 heterocycles. The molecule has 0 saturated carbocycles. The van der Waals surface area contributed by atoms with Crippen molar-refractivity contribution in [1.29, 1.82) is 0 Å². The lowest BCUT2D eigenvalue weighted by molar-refractivity contribution is 0.453. The predicted octanol–water partition coefficient (Wildman–Crippen LogP) is 4.75. The summed E-state index contributed by atoms with van der Waals surface area (Å²) < 4.78 is 0. The van der Waals surface area contributed by atoms with Crippen molar-refractivity contribution in [2.24, 2.45) is 0 Å². The summed E-state index contributed by atoms with van der Waals surface area (Å²) in [5.41, 5.74) is 5.78. The van der Waals surface area contributed by atoms with Crippen molar-refractivity contribution in [2.45, 2.75) is 18.8 Å². The summed E-state index contributed by atoms with van der Waals surface area (Å²) in [7, 11) is 0. The van der Waals surface area contributed by atoms with Gasteiger partial charge in [-0.3, -0.25) is 5.10 Å². The van der Waals surface area contributed by atoms with E-state index in [0.29, 0.717) is 5.92 Å². The van der Waals surface area contributed by atoms with E-state index >= 15 is 0 Å². The Morgan fingerprint density at radius 2 is 1.96 bits per heavy atom. The van der Waals surface area contributed by atoms with Gasteiger partial charge in [-0.25, -0.2) is 0 Å². The van der Waals surface area contributed by atoms with Gasteiger partial charge in [0.2, 0.25) is 0 Å². The fourth-order valence-electron chi connectivity index (χ4n) is 3.76. The second-order valence-electron chi connectivity index (χ2n) is 6.66. The molecule has 1 aliphatic heterocycles. The topological polar surface area (TPSA) is 56.5 Å². The van der Waals surface area contributed by atoms with Crippen LogP contribution in [0.25, 0.3) is 32.7 Å². The van der Waals surface area contributed by atoms with E-state index in [0.717, 1.165) is 30.0 Å². The van der Waals surface area contributed by atoms with Gasteiger partial charge in [-0.2, -0.15) is 5.10 Å². The Morgan fingerprint density at radius 3 is 2.80 bits per heavy atom. The lowest BCUT2D eigenvalue weighted by Crippen LogP contribution is -2.26. The van der Waals surface area contributed by atoms with E-state index in [4.69, 9.17) is 0 Å². The second-order valence-corrected chi connectivity index (χ2v) is 7.61. The van der Waals surface area contributed by atoms with Gasteiger partial charge in [-0.1, -0.05) is 18.2 Å². The zero-order valence-electron chi connectivity index (χ0n) is 13.9. The molecule has 0 spiro atoms. The predicted molar refractivity (Wildman–Crippen MR) is 104 cm³/mol. The molecule has 1 saturated heterocycles. The average Bonchev–Trinajstić information content (AvgIpc) is 3.41. The van der Waals surface area contributed by atoms with E-state index in [-0.39, 0.29) is 0 Å². The molecule has 1 aliphatic rings. The van der Waals surface area contributed by atoms with Gasteiger partial charge >= 0.3 is 0 Å². The van der Waals surface area contributed by atoms with E-state index in [2.05, 4.69) is 68.3 Å². The first-order valence-electron chi connectivity index (χ1n) is 8.80. The minimum atomic E-state index is 0.591. The quantitative estimate of drug-likeness (QED) is 0.500. The van der Waals surface area contributed by atoms with Crippen LogP contribution in [-0.4, -0.2) is 28.3 Å². The summed E-state index contributed by atoms with van der Waals surface area (Å²) in [4.78, 5) is 4.84. The Labute approximate surface area is 150 Å². The Bertz CT molecular complexity index is 990. The van der Waals surface area contributed by atoms with Crippen LogP contribution < -0.4 is 5.32 Å². The third-order valence-electron chi connectivity index (χ3n) is 5.10. The van der Waals surface area contributed by atoms with Crippen molar-refractivity contribution < 1.29 is 0 Å². The third-order valence-corrected chi connectivity index (χ3v) is 6.01. The fourth-order valence-corrected chi connectivity index (χ4v) is 4.52. The van der Waals surface area contributed by atoms with Gasteiger partial charge in [-0.05, 0) is 55.6 Å². The van der Waals surface area contributed by atoms with Gasteiger partial charge < -0.3 is 10.3 Å². The van der Waals surface area contributed by atoms with Gasteiger partial charge in [0.25, 0.3) is 0 Å². The largest absolute Gasteiger partial charge is 0.353 e. The van der Waals surface area contributed by atoms with Gasteiger partial charge in [0.15, 0.2) is 0 Å². The van der Waals surface area contributed by atoms with Crippen molar-refractivity contribution >= 4 is 22.2 Å². The number of hydrogen-bond donors (Lipinski definition) is 3. The van der Waals surface area contributed by atoms with Crippen LogP contribution in [0, 0.1) is 0 Å². The normalized spacial score (nSPS) is 15.8. The molecule has 4 aromatic rings. The number of aromatic nitrogens is 3. The number of aromatic amines is 2. The van der Waals surface area contributed by atoms with Crippen LogP contribution in [-0.2, 0) is 0 Å². The molecule has 126 valence electrons. The number of H-pyrrole nitrogens is 2. The van der Waals surface area contributed by atoms with E-state index in [1.807, 2.05) is 0 Å². The van der Waals surface area contributed by atoms with Crippen LogP contribution in [0.2, 0.25) is 0 Å². The molecule has 1 aromatic carbocycles. The summed E-state index contributed by atoms with van der Waals surface area (Å²) in [6.45, 7) is 2.19. The maximum atomic E-state index is 4.58. The molecular weight excluding hydrogens is 328 g/mol. The summed E-state index contributed by atoms with van der Waals surface area (Å²) >= 11 is 1.78. The zero-order valence-corrected chi connectivity index (χ0v) is 14.7. The maximum absolute atomic E-state index is 4.58. The smallest absolute Gasteiger partial charge is 0.109 e. The van der Waals surface area contributed by atoms with Gasteiger partial charge in [-0.15, -0.1) is 11.3 Å². The minimum Gasteiger partial charge on any atom is -0.353 e. The highest BCUT2D eigenvalue weighted by Crippen LogP contribution is 2.34. The number of thiophene rings is 1. The molecule has 0 atom stereocenters. The molecule has 4 nitrogen and oxygen atoms in total. The lowest BCUT2D eigenvalue weighted by Gasteiger charge is -2.20. The highest BCUT2D eigenvalue weighted by Gasteiger charge is 2.18. The minimum absolute atomic E-state index is 0.591. The SMILES string of the molecule is c1csc(-c2cccc3[nH]c(-c4cc(C5CCNCC5)[nH]n4)cc23)c1. The summed E-state index contributed by atoms with van der Waals surface area (Å²) in [5.74, 6) is 0.591. The Balaban J connectivity index is 1.53. The molecule has 0 bridgehead atoms. The van der Waals surface area contributed by atoms with E-state index in [1.165, 1.54) is 34.4 Å². The molecule has 0 amide bonds. The van der Waals surface area contributed by atoms with Crippen LogP contribution in [0.3, 0.4) is 0 Å². The molecule has 3 N–H and O–H groups in total. The molecule has 5 rings (SSSR count). The Hall–Kier alpha value is -2.37. The van der Waals surface area contributed by atoms with Crippen LogP contribution in [0.1, 0.15) is 24.5 Å². The molecule has 0 radical (unpaired) electrons. The van der Waals surface area contributed by atoms with E-state index in [9.17, 15) is 0 Å². The third kappa shape index (κ3) is 2.69. The molecule has 5 heteroatoms. The van der Waals surface area contributed by atoms with Crippen molar-refractivity contribution in [3.8, 4) is 21.8 Å². The number of nitrogens with one attached hydrogen (secondary N) is 3. The second kappa shape index (κ2) is 6.17. The molecule has 0 unspecified atom stereocenters. The average molecular weight is 348 g/mol. The summed E-state index contributed by atoms with van der Waals surface area (Å²) in [5, 5.41) is 14.6. The summed E-state index contributed by atoms with van der Waals surface area (Å²) in [6, 6.07) is 15.2. The first-order chi connectivity index (χ1) is 12.4. The highest BCUT2D eigenvalue weighted by atomic mass is 32.1. The highest BCUT2D eigenvalue weighted by molar-refractivity contribution is 7.13. The van der Waals surface area contributed by atoms with Crippen LogP contribution in [0.4, 0.5) is 0 Å². The van der Waals surface area contributed by atoms with Crippen LogP contribution >= 0.6 is 11.3 Å². The molecule has 0 aliphatic carbocycles. The van der Waals surface area contributed by atoms with Crippen molar-refractivity contribution in [3.63, 3.8) is 0 Å². The zero-order chi connectivity index (χ0) is 16.6. The first kappa shape index (κ1) is 14.9. The van der Waals surface area contributed by atoms with Gasteiger partial charge in [0.1, 0.15) is 5.69 Å². The first-order valence-corrected chi connectivity index (χ1v) is 9.68. The molecule has 1 fully saturated rings. The fraction of sp³-hybridized carbons (Fsp3) is 0.250. The Morgan fingerprint density at radius 1 is 1.04 bits per heavy atom. The summed E-state index contributed by atoms with van der Waals surface area (Å²) in [6.07, 6.45) is 2.35. The van der Waals surface area contributed by atoms with Crippen LogP contribution in [0.15, 0.2) is 47.8 Å². The van der Waals surface area contributed by atoms with Crippen LogP contribution in [0.5, 0.6) is 0 Å². The van der Waals surface area contributed by atoms with Gasteiger partial charge in [0.05, 0.1) is 5.69 Å². The number of hydrogen-bond acceptors (Lipinski definition) is 3. The number of rotatable bonds is 3. The van der Waals surface area contributed by atoms with E-state index in [1.54, 1.807) is 11.3 Å². The maximum Gasteiger partial charge on any atom is 0.109 e. The number of benzene rings is 1. The molecule has 3 aromatic heterocycles. The monoisotopic (exact) mass is 348 g/mol. The number of nitrogens with zero attached hydrogens (tertiary/aromatic N) is 1. The van der Waals surface area contributed by atoms with Crippen molar-refractivity contribution in [2.75, 3.05) is 13.1 Å². The molecule has 25 heavy (non-hydrogen) atoms.